The predicted molar refractivity (Wildman–Crippen MR) is 109 cm³/mol. The average molecular weight is 377 g/mol. The van der Waals surface area contributed by atoms with Crippen LogP contribution in [0.2, 0.25) is 0 Å². The van der Waals surface area contributed by atoms with Crippen LogP contribution in [0.15, 0.2) is 60.8 Å². The maximum atomic E-state index is 11.0. The Kier molecular flexibility index (Phi) is 6.08. The average Bonchev–Trinajstić information content (AvgIpc) is 3.08. The van der Waals surface area contributed by atoms with Gasteiger partial charge in [-0.3, -0.25) is 4.79 Å². The Morgan fingerprint density at radius 2 is 1.93 bits per heavy atom. The standard InChI is InChI=1S/C21H19N3O2S/c1-15(23-16(2)25)11-12-20-14-22-21(27-20)26-19-10-6-9-18(13-19)24-17-7-4-3-5-8-17/h3-10,13-15,24H,1-2H3,(H,23,25). The topological polar surface area (TPSA) is 63.2 Å². The first-order chi connectivity index (χ1) is 13.1. The molecule has 1 amide bonds. The van der Waals surface area contributed by atoms with Crippen LogP contribution in [0, 0.1) is 11.8 Å². The Hall–Kier alpha value is -3.30. The maximum Gasteiger partial charge on any atom is 0.279 e. The van der Waals surface area contributed by atoms with Crippen LogP contribution in [0.4, 0.5) is 11.4 Å². The van der Waals surface area contributed by atoms with E-state index < -0.39 is 0 Å². The minimum atomic E-state index is -0.213. The quantitative estimate of drug-likeness (QED) is 0.640. The van der Waals surface area contributed by atoms with Crippen molar-refractivity contribution in [3.63, 3.8) is 0 Å². The fourth-order valence-electron chi connectivity index (χ4n) is 2.31. The van der Waals surface area contributed by atoms with Crippen LogP contribution in [0.1, 0.15) is 18.7 Å². The minimum Gasteiger partial charge on any atom is -0.431 e. The number of nitrogens with zero attached hydrogens (tertiary/aromatic N) is 1. The van der Waals surface area contributed by atoms with E-state index in [1.165, 1.54) is 18.3 Å². The SMILES string of the molecule is CC(=O)NC(C)C#Cc1cnc(Oc2cccc(Nc3ccccc3)c2)s1. The van der Waals surface area contributed by atoms with E-state index in [1.54, 1.807) is 6.20 Å². The molecule has 0 aliphatic rings. The Labute approximate surface area is 162 Å². The van der Waals surface area contributed by atoms with Gasteiger partial charge in [0.05, 0.1) is 12.2 Å². The molecule has 0 spiro atoms. The third-order valence-corrected chi connectivity index (χ3v) is 4.21. The number of thiazole rings is 1. The molecule has 3 aromatic rings. The summed E-state index contributed by atoms with van der Waals surface area (Å²) in [5.74, 6) is 6.55. The molecule has 1 atom stereocenters. The van der Waals surface area contributed by atoms with Crippen LogP contribution in [-0.2, 0) is 4.79 Å². The second-order valence-corrected chi connectivity index (χ2v) is 6.80. The molecule has 2 N–H and O–H groups in total. The van der Waals surface area contributed by atoms with Gasteiger partial charge in [0.1, 0.15) is 10.6 Å². The number of rotatable bonds is 5. The number of nitrogens with one attached hydrogen (secondary N) is 2. The first-order valence-corrected chi connectivity index (χ1v) is 9.24. The van der Waals surface area contributed by atoms with Crippen LogP contribution in [-0.4, -0.2) is 16.9 Å². The van der Waals surface area contributed by atoms with E-state index in [0.29, 0.717) is 10.9 Å². The number of anilines is 2. The lowest BCUT2D eigenvalue weighted by molar-refractivity contribution is -0.119. The molecule has 0 aliphatic heterocycles. The lowest BCUT2D eigenvalue weighted by atomic mass is 10.2. The highest BCUT2D eigenvalue weighted by Gasteiger charge is 2.05. The molecule has 1 unspecified atom stereocenters. The Balaban J connectivity index is 1.64. The molecule has 27 heavy (non-hydrogen) atoms. The fourth-order valence-corrected chi connectivity index (χ4v) is 2.96. The van der Waals surface area contributed by atoms with Crippen molar-refractivity contribution in [2.75, 3.05) is 5.32 Å². The number of amides is 1. The van der Waals surface area contributed by atoms with Gasteiger partial charge in [-0.25, -0.2) is 4.98 Å². The van der Waals surface area contributed by atoms with Crippen molar-refractivity contribution in [1.82, 2.24) is 10.3 Å². The van der Waals surface area contributed by atoms with Gasteiger partial charge >= 0.3 is 0 Å². The van der Waals surface area contributed by atoms with Gasteiger partial charge in [-0.2, -0.15) is 0 Å². The predicted octanol–water partition coefficient (Wildman–Crippen LogP) is 4.56. The number of aromatic nitrogens is 1. The highest BCUT2D eigenvalue weighted by Crippen LogP contribution is 2.28. The molecule has 1 heterocycles. The normalized spacial score (nSPS) is 11.0. The molecule has 0 radical (unpaired) electrons. The van der Waals surface area contributed by atoms with E-state index in [1.807, 2.05) is 61.5 Å². The Morgan fingerprint density at radius 1 is 1.15 bits per heavy atom. The third-order valence-electron chi connectivity index (χ3n) is 3.42. The van der Waals surface area contributed by atoms with Gasteiger partial charge in [-0.15, -0.1) is 0 Å². The largest absolute Gasteiger partial charge is 0.431 e. The van der Waals surface area contributed by atoms with Crippen LogP contribution in [0.25, 0.3) is 0 Å². The minimum absolute atomic E-state index is 0.103. The molecular formula is C21H19N3O2S. The maximum absolute atomic E-state index is 11.0. The molecular weight excluding hydrogens is 358 g/mol. The zero-order chi connectivity index (χ0) is 19.1. The summed E-state index contributed by atoms with van der Waals surface area (Å²) in [6.07, 6.45) is 1.67. The molecule has 2 aromatic carbocycles. The molecule has 1 aromatic heterocycles. The highest BCUT2D eigenvalue weighted by molar-refractivity contribution is 7.13. The summed E-state index contributed by atoms with van der Waals surface area (Å²) in [7, 11) is 0. The van der Waals surface area contributed by atoms with Crippen molar-refractivity contribution in [2.24, 2.45) is 0 Å². The summed E-state index contributed by atoms with van der Waals surface area (Å²) < 4.78 is 5.84. The molecule has 6 heteroatoms. The van der Waals surface area contributed by atoms with Crippen molar-refractivity contribution in [3.8, 4) is 22.8 Å². The Morgan fingerprint density at radius 3 is 2.70 bits per heavy atom. The van der Waals surface area contributed by atoms with Gasteiger partial charge < -0.3 is 15.4 Å². The first-order valence-electron chi connectivity index (χ1n) is 8.43. The number of carbonyl (C=O) groups is 1. The lowest BCUT2D eigenvalue weighted by Crippen LogP contribution is -2.28. The fraction of sp³-hybridized carbons (Fsp3) is 0.143. The molecule has 0 fully saturated rings. The van der Waals surface area contributed by atoms with Crippen LogP contribution >= 0.6 is 11.3 Å². The second-order valence-electron chi connectivity index (χ2n) is 5.80. The number of hydrogen-bond acceptors (Lipinski definition) is 5. The van der Waals surface area contributed by atoms with Crippen LogP contribution in [0.3, 0.4) is 0 Å². The summed E-state index contributed by atoms with van der Waals surface area (Å²) in [6, 6.07) is 17.4. The van der Waals surface area contributed by atoms with E-state index in [0.717, 1.165) is 16.3 Å². The van der Waals surface area contributed by atoms with Crippen molar-refractivity contribution in [3.05, 3.63) is 65.7 Å². The van der Waals surface area contributed by atoms with Crippen molar-refractivity contribution >= 4 is 28.6 Å². The lowest BCUT2D eigenvalue weighted by Gasteiger charge is -2.08. The molecule has 0 aliphatic carbocycles. The van der Waals surface area contributed by atoms with Gasteiger partial charge in [0.15, 0.2) is 0 Å². The monoisotopic (exact) mass is 377 g/mol. The van der Waals surface area contributed by atoms with E-state index >= 15 is 0 Å². The number of carbonyl (C=O) groups excluding carboxylic acids is 1. The number of para-hydroxylation sites is 1. The number of hydrogen-bond donors (Lipinski definition) is 2. The van der Waals surface area contributed by atoms with Crippen LogP contribution in [0.5, 0.6) is 10.9 Å². The van der Waals surface area contributed by atoms with Crippen molar-refractivity contribution < 1.29 is 9.53 Å². The second kappa shape index (κ2) is 8.88. The van der Waals surface area contributed by atoms with E-state index in [-0.39, 0.29) is 11.9 Å². The summed E-state index contributed by atoms with van der Waals surface area (Å²) in [5, 5.41) is 6.57. The molecule has 136 valence electrons. The third kappa shape index (κ3) is 5.87. The van der Waals surface area contributed by atoms with Crippen molar-refractivity contribution in [2.45, 2.75) is 19.9 Å². The van der Waals surface area contributed by atoms with Gasteiger partial charge in [0.2, 0.25) is 5.91 Å². The summed E-state index contributed by atoms with van der Waals surface area (Å²) >= 11 is 1.36. The van der Waals surface area contributed by atoms with Gasteiger partial charge in [-0.05, 0) is 31.2 Å². The zero-order valence-corrected chi connectivity index (χ0v) is 15.8. The van der Waals surface area contributed by atoms with Gasteiger partial charge in [0, 0.05) is 24.4 Å². The van der Waals surface area contributed by atoms with E-state index in [4.69, 9.17) is 4.74 Å². The van der Waals surface area contributed by atoms with Crippen LogP contribution < -0.4 is 15.4 Å². The van der Waals surface area contributed by atoms with E-state index in [2.05, 4.69) is 27.5 Å². The first kappa shape index (κ1) is 18.5. The summed E-state index contributed by atoms with van der Waals surface area (Å²) in [4.78, 5) is 16.0. The molecule has 0 bridgehead atoms. The smallest absolute Gasteiger partial charge is 0.279 e. The zero-order valence-electron chi connectivity index (χ0n) is 15.0. The molecule has 5 nitrogen and oxygen atoms in total. The molecule has 0 saturated heterocycles. The van der Waals surface area contributed by atoms with Crippen molar-refractivity contribution in [1.29, 1.82) is 0 Å². The molecule has 3 rings (SSSR count). The molecule has 0 saturated carbocycles. The summed E-state index contributed by atoms with van der Waals surface area (Å²) in [6.45, 7) is 3.30. The number of benzene rings is 2. The summed E-state index contributed by atoms with van der Waals surface area (Å²) in [5.41, 5.74) is 1.94. The van der Waals surface area contributed by atoms with Gasteiger partial charge in [-0.1, -0.05) is 47.4 Å². The number of ether oxygens (including phenoxy) is 1. The van der Waals surface area contributed by atoms with Gasteiger partial charge in [0.25, 0.3) is 5.19 Å². The highest BCUT2D eigenvalue weighted by atomic mass is 32.1. The Bertz CT molecular complexity index is 974. The van der Waals surface area contributed by atoms with E-state index in [9.17, 15) is 4.79 Å².